The van der Waals surface area contributed by atoms with E-state index in [2.05, 4.69) is 27.8 Å². The van der Waals surface area contributed by atoms with Gasteiger partial charge < -0.3 is 4.74 Å². The normalized spacial score (nSPS) is 25.4. The fourth-order valence-electron chi connectivity index (χ4n) is 2.10. The first-order valence-corrected chi connectivity index (χ1v) is 6.74. The van der Waals surface area contributed by atoms with Gasteiger partial charge in [0.05, 0.1) is 5.69 Å². The quantitative estimate of drug-likeness (QED) is 0.815. The van der Waals surface area contributed by atoms with Gasteiger partial charge in [-0.05, 0) is 60.5 Å². The molecule has 1 saturated carbocycles. The number of hydrogen-bond acceptors (Lipinski definition) is 2. The Hall–Kier alpha value is -0.570. The number of hydrogen-bond donors (Lipinski definition) is 0. The van der Waals surface area contributed by atoms with Gasteiger partial charge in [-0.3, -0.25) is 0 Å². The van der Waals surface area contributed by atoms with Crippen LogP contribution in [0.25, 0.3) is 0 Å². The minimum Gasteiger partial charge on any atom is -0.474 e. The first-order chi connectivity index (χ1) is 7.65. The molecule has 0 bridgehead atoms. The molecule has 0 N–H and O–H groups in total. The molecule has 1 heterocycles. The summed E-state index contributed by atoms with van der Waals surface area (Å²) < 4.78 is 6.95. The third kappa shape index (κ3) is 2.97. The lowest BCUT2D eigenvalue weighted by Crippen LogP contribution is -2.23. The van der Waals surface area contributed by atoms with Crippen molar-refractivity contribution < 1.29 is 4.74 Å². The van der Waals surface area contributed by atoms with Gasteiger partial charge in [-0.25, -0.2) is 4.98 Å². The minimum atomic E-state index is 0.365. The molecular weight excluding hydrogens is 266 g/mol. The van der Waals surface area contributed by atoms with Crippen molar-refractivity contribution in [1.29, 1.82) is 0 Å². The minimum absolute atomic E-state index is 0.365. The van der Waals surface area contributed by atoms with Crippen LogP contribution in [0.1, 0.15) is 38.3 Å². The molecule has 0 radical (unpaired) electrons. The Bertz CT molecular complexity index is 359. The van der Waals surface area contributed by atoms with E-state index in [-0.39, 0.29) is 0 Å². The highest BCUT2D eigenvalue weighted by atomic mass is 79.9. The first kappa shape index (κ1) is 11.9. The fraction of sp³-hybridized carbons (Fsp3) is 0.615. The average molecular weight is 284 g/mol. The number of rotatable bonds is 2. The molecule has 0 unspecified atom stereocenters. The number of ether oxygens (including phenoxy) is 1. The number of nitrogens with zero attached hydrogens (tertiary/aromatic N) is 1. The van der Waals surface area contributed by atoms with Gasteiger partial charge in [0.15, 0.2) is 0 Å². The van der Waals surface area contributed by atoms with E-state index < -0.39 is 0 Å². The van der Waals surface area contributed by atoms with Crippen LogP contribution in [0.2, 0.25) is 0 Å². The molecule has 1 aromatic rings. The van der Waals surface area contributed by atoms with Gasteiger partial charge in [-0.2, -0.15) is 0 Å². The topological polar surface area (TPSA) is 22.1 Å². The number of aromatic nitrogens is 1. The molecule has 0 spiro atoms. The third-order valence-electron chi connectivity index (χ3n) is 3.25. The van der Waals surface area contributed by atoms with Crippen molar-refractivity contribution in [3.05, 3.63) is 22.3 Å². The van der Waals surface area contributed by atoms with Crippen LogP contribution in [-0.2, 0) is 0 Å². The molecule has 0 saturated heterocycles. The lowest BCUT2D eigenvalue weighted by molar-refractivity contribution is 0.130. The molecule has 16 heavy (non-hydrogen) atoms. The monoisotopic (exact) mass is 283 g/mol. The summed E-state index contributed by atoms with van der Waals surface area (Å²) in [6, 6.07) is 3.94. The maximum atomic E-state index is 5.91. The average Bonchev–Trinajstić information content (AvgIpc) is 2.27. The Morgan fingerprint density at radius 1 is 1.25 bits per heavy atom. The van der Waals surface area contributed by atoms with Gasteiger partial charge in [-0.15, -0.1) is 0 Å². The van der Waals surface area contributed by atoms with Crippen LogP contribution < -0.4 is 4.74 Å². The van der Waals surface area contributed by atoms with E-state index in [9.17, 15) is 0 Å². The van der Waals surface area contributed by atoms with Crippen molar-refractivity contribution in [3.63, 3.8) is 0 Å². The standard InChI is InChI=1S/C13H18BrNO/c1-9-3-5-11(6-4-9)16-13-8-7-12(14)10(2)15-13/h7-9,11H,3-6H2,1-2H3. The molecule has 1 aromatic heterocycles. The molecule has 1 aliphatic carbocycles. The molecule has 1 fully saturated rings. The van der Waals surface area contributed by atoms with Gasteiger partial charge in [0.2, 0.25) is 5.88 Å². The second kappa shape index (κ2) is 5.17. The summed E-state index contributed by atoms with van der Waals surface area (Å²) in [5.41, 5.74) is 0.988. The van der Waals surface area contributed by atoms with E-state index >= 15 is 0 Å². The summed E-state index contributed by atoms with van der Waals surface area (Å²) in [5, 5.41) is 0. The van der Waals surface area contributed by atoms with Gasteiger partial charge in [0.1, 0.15) is 6.10 Å². The van der Waals surface area contributed by atoms with Crippen molar-refractivity contribution >= 4 is 15.9 Å². The fourth-order valence-corrected chi connectivity index (χ4v) is 2.33. The van der Waals surface area contributed by atoms with E-state index in [0.29, 0.717) is 6.10 Å². The zero-order valence-electron chi connectivity index (χ0n) is 9.87. The molecule has 3 heteroatoms. The molecule has 1 aliphatic rings. The molecule has 2 rings (SSSR count). The Labute approximate surface area is 106 Å². The van der Waals surface area contributed by atoms with Crippen LogP contribution >= 0.6 is 15.9 Å². The highest BCUT2D eigenvalue weighted by molar-refractivity contribution is 9.10. The van der Waals surface area contributed by atoms with E-state index in [1.807, 2.05) is 19.1 Å². The van der Waals surface area contributed by atoms with Crippen molar-refractivity contribution in [2.24, 2.45) is 5.92 Å². The van der Waals surface area contributed by atoms with Crippen LogP contribution in [0.4, 0.5) is 0 Å². The van der Waals surface area contributed by atoms with Crippen molar-refractivity contribution in [2.45, 2.75) is 45.6 Å². The van der Waals surface area contributed by atoms with Crippen LogP contribution in [0, 0.1) is 12.8 Å². The maximum Gasteiger partial charge on any atom is 0.213 e. The SMILES string of the molecule is Cc1nc(OC2CCC(C)CC2)ccc1Br. The molecule has 0 atom stereocenters. The highest BCUT2D eigenvalue weighted by Gasteiger charge is 2.19. The summed E-state index contributed by atoms with van der Waals surface area (Å²) in [6.07, 6.45) is 5.25. The van der Waals surface area contributed by atoms with Crippen LogP contribution in [0.3, 0.4) is 0 Å². The van der Waals surface area contributed by atoms with Gasteiger partial charge in [-0.1, -0.05) is 6.92 Å². The maximum absolute atomic E-state index is 5.91. The molecule has 0 aromatic carbocycles. The molecular formula is C13H18BrNO. The summed E-state index contributed by atoms with van der Waals surface area (Å²) in [5.74, 6) is 1.62. The second-order valence-electron chi connectivity index (χ2n) is 4.72. The predicted octanol–water partition coefficient (Wildman–Crippen LogP) is 4.11. The van der Waals surface area contributed by atoms with E-state index in [4.69, 9.17) is 4.74 Å². The van der Waals surface area contributed by atoms with Crippen molar-refractivity contribution in [3.8, 4) is 5.88 Å². The second-order valence-corrected chi connectivity index (χ2v) is 5.57. The lowest BCUT2D eigenvalue weighted by atomic mass is 9.89. The van der Waals surface area contributed by atoms with Crippen LogP contribution in [-0.4, -0.2) is 11.1 Å². The lowest BCUT2D eigenvalue weighted by Gasteiger charge is -2.26. The Morgan fingerprint density at radius 2 is 1.94 bits per heavy atom. The number of pyridine rings is 1. The molecule has 2 nitrogen and oxygen atoms in total. The highest BCUT2D eigenvalue weighted by Crippen LogP contribution is 2.27. The number of halogens is 1. The molecule has 88 valence electrons. The van der Waals surface area contributed by atoms with Gasteiger partial charge >= 0.3 is 0 Å². The molecule has 0 amide bonds. The molecule has 0 aliphatic heterocycles. The zero-order chi connectivity index (χ0) is 11.5. The predicted molar refractivity (Wildman–Crippen MR) is 68.7 cm³/mol. The Balaban J connectivity index is 1.96. The summed E-state index contributed by atoms with van der Waals surface area (Å²) >= 11 is 3.44. The largest absolute Gasteiger partial charge is 0.474 e. The first-order valence-electron chi connectivity index (χ1n) is 5.95. The smallest absolute Gasteiger partial charge is 0.213 e. The van der Waals surface area contributed by atoms with Crippen molar-refractivity contribution in [1.82, 2.24) is 4.98 Å². The summed E-state index contributed by atoms with van der Waals surface area (Å²) in [6.45, 7) is 4.30. The Kier molecular flexibility index (Phi) is 3.85. The van der Waals surface area contributed by atoms with Crippen molar-refractivity contribution in [2.75, 3.05) is 0 Å². The van der Waals surface area contributed by atoms with E-state index in [1.165, 1.54) is 12.8 Å². The third-order valence-corrected chi connectivity index (χ3v) is 4.08. The van der Waals surface area contributed by atoms with Gasteiger partial charge in [0.25, 0.3) is 0 Å². The summed E-state index contributed by atoms with van der Waals surface area (Å²) in [4.78, 5) is 4.42. The van der Waals surface area contributed by atoms with E-state index in [0.717, 1.165) is 34.8 Å². The van der Waals surface area contributed by atoms with Crippen LogP contribution in [0.15, 0.2) is 16.6 Å². The Morgan fingerprint density at radius 3 is 2.56 bits per heavy atom. The van der Waals surface area contributed by atoms with E-state index in [1.54, 1.807) is 0 Å². The van der Waals surface area contributed by atoms with Gasteiger partial charge in [0, 0.05) is 10.5 Å². The summed E-state index contributed by atoms with van der Waals surface area (Å²) in [7, 11) is 0. The zero-order valence-corrected chi connectivity index (χ0v) is 11.5. The van der Waals surface area contributed by atoms with Crippen LogP contribution in [0.5, 0.6) is 5.88 Å². The number of aryl methyl sites for hydroxylation is 1.